The molecule has 14 heavy (non-hydrogen) atoms. The summed E-state index contributed by atoms with van der Waals surface area (Å²) in [4.78, 5) is 13.0. The summed E-state index contributed by atoms with van der Waals surface area (Å²) in [6.07, 6.45) is 11.4. The van der Waals surface area contributed by atoms with Gasteiger partial charge in [0.05, 0.1) is 11.3 Å². The van der Waals surface area contributed by atoms with Gasteiger partial charge in [-0.05, 0) is 18.2 Å². The van der Waals surface area contributed by atoms with Crippen molar-refractivity contribution in [3.05, 3.63) is 47.9 Å². The van der Waals surface area contributed by atoms with Crippen molar-refractivity contribution in [1.82, 2.24) is 4.90 Å². The van der Waals surface area contributed by atoms with Crippen LogP contribution in [0.4, 0.5) is 0 Å². The standard InChI is InChI=1S/C10H10N2O.ClH/c11-10(13)8-4-3-7-12-6-2-1-5-9(8)12;/h1-6H,7H2,(H2,11,13);1H. The lowest BCUT2D eigenvalue weighted by atomic mass is 10.1. The van der Waals surface area contributed by atoms with E-state index in [1.165, 1.54) is 0 Å². The van der Waals surface area contributed by atoms with Gasteiger partial charge in [-0.3, -0.25) is 4.79 Å². The van der Waals surface area contributed by atoms with Crippen LogP contribution in [0.2, 0.25) is 0 Å². The summed E-state index contributed by atoms with van der Waals surface area (Å²) in [7, 11) is 0. The maximum atomic E-state index is 11.0. The Balaban J connectivity index is 0.000000980. The second-order valence-electron chi connectivity index (χ2n) is 2.92. The first-order valence-corrected chi connectivity index (χ1v) is 4.11. The minimum Gasteiger partial charge on any atom is -0.366 e. The first kappa shape index (κ1) is 10.6. The van der Waals surface area contributed by atoms with Crippen LogP contribution in [0.5, 0.6) is 0 Å². The maximum Gasteiger partial charge on any atom is 0.250 e. The number of halogens is 1. The Morgan fingerprint density at radius 2 is 2.14 bits per heavy atom. The first-order valence-electron chi connectivity index (χ1n) is 4.11. The van der Waals surface area contributed by atoms with Crippen molar-refractivity contribution < 1.29 is 4.79 Å². The average molecular weight is 211 g/mol. The number of primary amides is 1. The molecular formula is C10H11ClN2O. The Bertz CT molecular complexity index is 366. The Hall–Kier alpha value is -1.48. The second kappa shape index (κ2) is 4.15. The van der Waals surface area contributed by atoms with E-state index in [1.54, 1.807) is 6.08 Å². The van der Waals surface area contributed by atoms with Gasteiger partial charge in [-0.1, -0.05) is 12.2 Å². The van der Waals surface area contributed by atoms with Gasteiger partial charge >= 0.3 is 0 Å². The zero-order chi connectivity index (χ0) is 9.26. The van der Waals surface area contributed by atoms with E-state index in [2.05, 4.69) is 0 Å². The Kier molecular flexibility index (Phi) is 3.14. The summed E-state index contributed by atoms with van der Waals surface area (Å²) in [5, 5.41) is 0. The van der Waals surface area contributed by atoms with E-state index in [4.69, 9.17) is 5.73 Å². The minimum atomic E-state index is -0.379. The van der Waals surface area contributed by atoms with E-state index < -0.39 is 0 Å². The third kappa shape index (κ3) is 1.72. The number of carbonyl (C=O) groups is 1. The average Bonchev–Trinajstić information content (AvgIpc) is 2.17. The lowest BCUT2D eigenvalue weighted by Crippen LogP contribution is -2.26. The lowest BCUT2D eigenvalue weighted by molar-refractivity contribution is -0.114. The van der Waals surface area contributed by atoms with Crippen LogP contribution >= 0.6 is 12.4 Å². The summed E-state index contributed by atoms with van der Waals surface area (Å²) in [6, 6.07) is 0. The number of hydrogen-bond acceptors (Lipinski definition) is 2. The van der Waals surface area contributed by atoms with E-state index in [9.17, 15) is 4.79 Å². The molecule has 0 atom stereocenters. The van der Waals surface area contributed by atoms with Crippen molar-refractivity contribution in [2.45, 2.75) is 0 Å². The molecule has 0 saturated carbocycles. The second-order valence-corrected chi connectivity index (χ2v) is 2.92. The van der Waals surface area contributed by atoms with E-state index in [-0.39, 0.29) is 18.3 Å². The third-order valence-electron chi connectivity index (χ3n) is 2.07. The van der Waals surface area contributed by atoms with Crippen molar-refractivity contribution in [2.24, 2.45) is 5.73 Å². The van der Waals surface area contributed by atoms with Crippen LogP contribution in [0.15, 0.2) is 47.9 Å². The summed E-state index contributed by atoms with van der Waals surface area (Å²) >= 11 is 0. The van der Waals surface area contributed by atoms with Crippen molar-refractivity contribution >= 4 is 18.3 Å². The summed E-state index contributed by atoms with van der Waals surface area (Å²) in [5.74, 6) is -0.379. The van der Waals surface area contributed by atoms with Crippen molar-refractivity contribution in [1.29, 1.82) is 0 Å². The first-order chi connectivity index (χ1) is 6.29. The quantitative estimate of drug-likeness (QED) is 0.705. The molecule has 0 fully saturated rings. The molecule has 0 saturated heterocycles. The van der Waals surface area contributed by atoms with Crippen LogP contribution in [0.3, 0.4) is 0 Å². The molecule has 0 bridgehead atoms. The number of nitrogens with zero attached hydrogens (tertiary/aromatic N) is 1. The fraction of sp³-hybridized carbons (Fsp3) is 0.100. The number of hydrogen-bond donors (Lipinski definition) is 1. The molecule has 0 aromatic rings. The number of rotatable bonds is 1. The molecule has 2 heterocycles. The molecule has 0 aliphatic carbocycles. The zero-order valence-electron chi connectivity index (χ0n) is 7.51. The number of nitrogens with two attached hydrogens (primary N) is 1. The van der Waals surface area contributed by atoms with Gasteiger partial charge in [-0.25, -0.2) is 0 Å². The van der Waals surface area contributed by atoms with Gasteiger partial charge in [0.1, 0.15) is 0 Å². The van der Waals surface area contributed by atoms with Crippen LogP contribution in [0.1, 0.15) is 0 Å². The van der Waals surface area contributed by atoms with Gasteiger partial charge in [0.2, 0.25) is 0 Å². The predicted octanol–water partition coefficient (Wildman–Crippen LogP) is 1.10. The summed E-state index contributed by atoms with van der Waals surface area (Å²) < 4.78 is 0. The molecule has 2 rings (SSSR count). The normalized spacial score (nSPS) is 17.9. The van der Waals surface area contributed by atoms with Gasteiger partial charge in [-0.15, -0.1) is 12.4 Å². The zero-order valence-corrected chi connectivity index (χ0v) is 8.33. The molecular weight excluding hydrogens is 200 g/mol. The molecule has 4 heteroatoms. The van der Waals surface area contributed by atoms with Crippen molar-refractivity contribution in [3.63, 3.8) is 0 Å². The highest BCUT2D eigenvalue weighted by Crippen LogP contribution is 2.20. The molecule has 2 aliphatic rings. The molecule has 0 spiro atoms. The molecule has 0 unspecified atom stereocenters. The van der Waals surface area contributed by atoms with Crippen molar-refractivity contribution in [2.75, 3.05) is 6.54 Å². The molecule has 0 radical (unpaired) electrons. The van der Waals surface area contributed by atoms with Crippen LogP contribution in [0.25, 0.3) is 0 Å². The van der Waals surface area contributed by atoms with Crippen LogP contribution in [-0.2, 0) is 4.79 Å². The summed E-state index contributed by atoms with van der Waals surface area (Å²) in [6.45, 7) is 0.799. The van der Waals surface area contributed by atoms with Gasteiger partial charge in [0.15, 0.2) is 0 Å². The lowest BCUT2D eigenvalue weighted by Gasteiger charge is -2.26. The maximum absolute atomic E-state index is 11.0. The SMILES string of the molecule is Cl.NC(=O)C1=C2C=CC=CN2CC=C1. The van der Waals surface area contributed by atoms with Crippen LogP contribution in [-0.4, -0.2) is 17.4 Å². The topological polar surface area (TPSA) is 46.3 Å². The van der Waals surface area contributed by atoms with Gasteiger partial charge in [0.25, 0.3) is 5.91 Å². The Morgan fingerprint density at radius 3 is 2.86 bits per heavy atom. The fourth-order valence-corrected chi connectivity index (χ4v) is 1.46. The van der Waals surface area contributed by atoms with E-state index in [0.29, 0.717) is 5.57 Å². The molecule has 0 aromatic heterocycles. The van der Waals surface area contributed by atoms with Gasteiger partial charge in [0, 0.05) is 12.7 Å². The minimum absolute atomic E-state index is 0. The fourth-order valence-electron chi connectivity index (χ4n) is 1.46. The highest BCUT2D eigenvalue weighted by atomic mass is 35.5. The number of carbonyl (C=O) groups excluding carboxylic acids is 1. The molecule has 3 nitrogen and oxygen atoms in total. The molecule has 2 N–H and O–H groups in total. The summed E-state index contributed by atoms with van der Waals surface area (Å²) in [5.41, 5.74) is 6.70. The Labute approximate surface area is 88.7 Å². The molecule has 0 aromatic carbocycles. The van der Waals surface area contributed by atoms with E-state index >= 15 is 0 Å². The number of amides is 1. The highest BCUT2D eigenvalue weighted by molar-refractivity contribution is 5.96. The smallest absolute Gasteiger partial charge is 0.250 e. The van der Waals surface area contributed by atoms with Crippen LogP contribution in [0, 0.1) is 0 Å². The predicted molar refractivity (Wildman–Crippen MR) is 57.6 cm³/mol. The third-order valence-corrected chi connectivity index (χ3v) is 2.07. The van der Waals surface area contributed by atoms with E-state index in [0.717, 1.165) is 12.2 Å². The number of allylic oxidation sites excluding steroid dienone is 3. The largest absolute Gasteiger partial charge is 0.366 e. The van der Waals surface area contributed by atoms with Gasteiger partial charge in [-0.2, -0.15) is 0 Å². The molecule has 1 amide bonds. The Morgan fingerprint density at radius 1 is 1.36 bits per heavy atom. The number of fused-ring (bicyclic) bond motifs is 1. The molecule has 74 valence electrons. The monoisotopic (exact) mass is 210 g/mol. The highest BCUT2D eigenvalue weighted by Gasteiger charge is 2.16. The van der Waals surface area contributed by atoms with Crippen LogP contribution < -0.4 is 5.73 Å². The van der Waals surface area contributed by atoms with E-state index in [1.807, 2.05) is 35.4 Å². The van der Waals surface area contributed by atoms with Crippen molar-refractivity contribution in [3.8, 4) is 0 Å². The van der Waals surface area contributed by atoms with Gasteiger partial charge < -0.3 is 10.6 Å². The molecule has 2 aliphatic heterocycles.